The average Bonchev–Trinajstić information content (AvgIpc) is 2.94. The van der Waals surface area contributed by atoms with Crippen LogP contribution in [0.4, 0.5) is 10.1 Å². The summed E-state index contributed by atoms with van der Waals surface area (Å²) < 4.78 is 13.2. The molecule has 1 N–H and O–H groups in total. The Morgan fingerprint density at radius 1 is 1.03 bits per heavy atom. The Hall–Kier alpha value is -2.48. The SMILES string of the molecule is Cc1ccc(N(CCCN2CCC(Cc3ccc(F)cc3)CC2)C(=O)C2CCN(C(=O)CO)CC2)cc1Cl. The van der Waals surface area contributed by atoms with Crippen LogP contribution < -0.4 is 4.90 Å². The molecule has 0 aromatic heterocycles. The molecule has 0 aliphatic carbocycles. The molecule has 2 fully saturated rings. The zero-order chi connectivity index (χ0) is 27.1. The van der Waals surface area contributed by atoms with Crippen molar-refractivity contribution >= 4 is 29.1 Å². The third-order valence-corrected chi connectivity index (χ3v) is 8.47. The number of hydrogen-bond acceptors (Lipinski definition) is 4. The molecule has 8 heteroatoms. The van der Waals surface area contributed by atoms with Gasteiger partial charge in [-0.3, -0.25) is 9.59 Å². The number of rotatable bonds is 9. The highest BCUT2D eigenvalue weighted by molar-refractivity contribution is 6.31. The van der Waals surface area contributed by atoms with Gasteiger partial charge in [-0.15, -0.1) is 0 Å². The summed E-state index contributed by atoms with van der Waals surface area (Å²) in [5.41, 5.74) is 2.99. The van der Waals surface area contributed by atoms with E-state index >= 15 is 0 Å². The number of hydrogen-bond donors (Lipinski definition) is 1. The second kappa shape index (κ2) is 13.5. The lowest BCUT2D eigenvalue weighted by Crippen LogP contribution is -2.46. The van der Waals surface area contributed by atoms with E-state index < -0.39 is 6.61 Å². The van der Waals surface area contributed by atoms with Crippen LogP contribution >= 0.6 is 11.6 Å². The molecule has 0 bridgehead atoms. The molecule has 2 heterocycles. The number of piperidine rings is 2. The number of aliphatic hydroxyl groups is 1. The Balaban J connectivity index is 1.31. The summed E-state index contributed by atoms with van der Waals surface area (Å²) >= 11 is 6.42. The Kier molecular flexibility index (Phi) is 10.2. The first-order valence-corrected chi connectivity index (χ1v) is 14.1. The minimum Gasteiger partial charge on any atom is -0.387 e. The number of anilines is 1. The van der Waals surface area contributed by atoms with Crippen LogP contribution in [0.5, 0.6) is 0 Å². The number of amides is 2. The Morgan fingerprint density at radius 3 is 2.34 bits per heavy atom. The average molecular weight is 544 g/mol. The quantitative estimate of drug-likeness (QED) is 0.498. The van der Waals surface area contributed by atoms with Gasteiger partial charge >= 0.3 is 0 Å². The van der Waals surface area contributed by atoms with E-state index in [1.807, 2.05) is 42.2 Å². The lowest BCUT2D eigenvalue weighted by molar-refractivity contribution is -0.137. The van der Waals surface area contributed by atoms with E-state index in [1.54, 1.807) is 4.90 Å². The largest absolute Gasteiger partial charge is 0.387 e. The molecule has 38 heavy (non-hydrogen) atoms. The van der Waals surface area contributed by atoms with Gasteiger partial charge in [0, 0.05) is 36.3 Å². The van der Waals surface area contributed by atoms with Gasteiger partial charge in [0.1, 0.15) is 12.4 Å². The van der Waals surface area contributed by atoms with Crippen molar-refractivity contribution in [3.05, 3.63) is 64.4 Å². The van der Waals surface area contributed by atoms with Crippen molar-refractivity contribution in [3.63, 3.8) is 0 Å². The maximum atomic E-state index is 13.7. The van der Waals surface area contributed by atoms with Gasteiger partial charge in [-0.1, -0.05) is 29.8 Å². The van der Waals surface area contributed by atoms with E-state index in [0.29, 0.717) is 43.4 Å². The van der Waals surface area contributed by atoms with Crippen molar-refractivity contribution in [2.24, 2.45) is 11.8 Å². The van der Waals surface area contributed by atoms with E-state index in [1.165, 1.54) is 17.7 Å². The molecule has 4 rings (SSSR count). The predicted octanol–water partition coefficient (Wildman–Crippen LogP) is 4.70. The van der Waals surface area contributed by atoms with E-state index in [-0.39, 0.29) is 23.5 Å². The van der Waals surface area contributed by atoms with Gasteiger partial charge < -0.3 is 19.8 Å². The number of aliphatic hydroxyl groups excluding tert-OH is 1. The van der Waals surface area contributed by atoms with E-state index in [4.69, 9.17) is 16.7 Å². The molecular weight excluding hydrogens is 505 g/mol. The third-order valence-electron chi connectivity index (χ3n) is 8.07. The minimum absolute atomic E-state index is 0.0824. The molecule has 0 spiro atoms. The molecule has 0 radical (unpaired) electrons. The Bertz CT molecular complexity index is 1080. The van der Waals surface area contributed by atoms with Crippen molar-refractivity contribution in [2.75, 3.05) is 50.8 Å². The first-order valence-electron chi connectivity index (χ1n) is 13.8. The van der Waals surface area contributed by atoms with Gasteiger partial charge in [-0.2, -0.15) is 0 Å². The first kappa shape index (κ1) is 28.5. The Labute approximate surface area is 230 Å². The molecule has 0 saturated carbocycles. The highest BCUT2D eigenvalue weighted by Gasteiger charge is 2.31. The summed E-state index contributed by atoms with van der Waals surface area (Å²) in [6.45, 7) is 6.05. The van der Waals surface area contributed by atoms with Crippen molar-refractivity contribution in [2.45, 2.75) is 45.4 Å². The van der Waals surface area contributed by atoms with E-state index in [0.717, 1.165) is 56.6 Å². The van der Waals surface area contributed by atoms with Crippen LogP contribution in [0.3, 0.4) is 0 Å². The summed E-state index contributed by atoms with van der Waals surface area (Å²) in [6, 6.07) is 12.6. The summed E-state index contributed by atoms with van der Waals surface area (Å²) in [6.07, 6.45) is 5.30. The van der Waals surface area contributed by atoms with Crippen molar-refractivity contribution in [3.8, 4) is 0 Å². The fourth-order valence-electron chi connectivity index (χ4n) is 5.63. The number of carbonyl (C=O) groups excluding carboxylic acids is 2. The lowest BCUT2D eigenvalue weighted by atomic mass is 9.90. The highest BCUT2D eigenvalue weighted by Crippen LogP contribution is 2.28. The zero-order valence-electron chi connectivity index (χ0n) is 22.2. The molecule has 2 aromatic rings. The normalized spacial score (nSPS) is 17.5. The molecular formula is C30H39ClFN3O3. The topological polar surface area (TPSA) is 64.1 Å². The van der Waals surface area contributed by atoms with Gasteiger partial charge in [0.05, 0.1) is 0 Å². The molecule has 206 valence electrons. The molecule has 2 aromatic carbocycles. The van der Waals surface area contributed by atoms with Gasteiger partial charge in [0.25, 0.3) is 0 Å². The van der Waals surface area contributed by atoms with Crippen molar-refractivity contribution < 1.29 is 19.1 Å². The molecule has 0 atom stereocenters. The standard InChI is InChI=1S/C30H39ClFN3O3/c1-22-3-8-27(20-28(22)31)35(30(38)25-11-17-34(18-12-25)29(37)21-36)14-2-13-33-15-9-24(10-16-33)19-23-4-6-26(32)7-5-23/h3-8,20,24-25,36H,2,9-19,21H2,1H3. The molecule has 2 amide bonds. The predicted molar refractivity (Wildman–Crippen MR) is 149 cm³/mol. The van der Waals surface area contributed by atoms with Crippen LogP contribution in [-0.4, -0.2) is 72.6 Å². The molecule has 0 unspecified atom stereocenters. The van der Waals surface area contributed by atoms with Gasteiger partial charge in [0.15, 0.2) is 0 Å². The van der Waals surface area contributed by atoms with E-state index in [9.17, 15) is 14.0 Å². The smallest absolute Gasteiger partial charge is 0.248 e. The van der Waals surface area contributed by atoms with Crippen molar-refractivity contribution in [1.82, 2.24) is 9.80 Å². The van der Waals surface area contributed by atoms with Gasteiger partial charge in [-0.05, 0) is 106 Å². The number of halogens is 2. The number of likely N-dealkylation sites (tertiary alicyclic amines) is 2. The van der Waals surface area contributed by atoms with Crippen LogP contribution in [0.2, 0.25) is 5.02 Å². The first-order chi connectivity index (χ1) is 18.3. The molecule has 6 nitrogen and oxygen atoms in total. The van der Waals surface area contributed by atoms with Crippen LogP contribution in [0.25, 0.3) is 0 Å². The molecule has 2 aliphatic heterocycles. The zero-order valence-corrected chi connectivity index (χ0v) is 23.0. The van der Waals surface area contributed by atoms with E-state index in [2.05, 4.69) is 4.90 Å². The van der Waals surface area contributed by atoms with Crippen LogP contribution in [0.1, 0.15) is 43.2 Å². The molecule has 2 aliphatic rings. The highest BCUT2D eigenvalue weighted by atomic mass is 35.5. The maximum absolute atomic E-state index is 13.7. The summed E-state index contributed by atoms with van der Waals surface area (Å²) in [4.78, 5) is 31.5. The summed E-state index contributed by atoms with van der Waals surface area (Å²) in [5.74, 6) is 0.0814. The second-order valence-electron chi connectivity index (χ2n) is 10.7. The molecule has 2 saturated heterocycles. The van der Waals surface area contributed by atoms with Crippen LogP contribution in [0, 0.1) is 24.6 Å². The number of nitrogens with zero attached hydrogens (tertiary/aromatic N) is 3. The summed E-state index contributed by atoms with van der Waals surface area (Å²) in [7, 11) is 0. The number of benzene rings is 2. The van der Waals surface area contributed by atoms with Crippen LogP contribution in [0.15, 0.2) is 42.5 Å². The monoisotopic (exact) mass is 543 g/mol. The number of aryl methyl sites for hydroxylation is 1. The van der Waals surface area contributed by atoms with Gasteiger partial charge in [-0.25, -0.2) is 4.39 Å². The maximum Gasteiger partial charge on any atom is 0.248 e. The summed E-state index contributed by atoms with van der Waals surface area (Å²) in [5, 5.41) is 9.79. The number of carbonyl (C=O) groups is 2. The lowest BCUT2D eigenvalue weighted by Gasteiger charge is -2.35. The van der Waals surface area contributed by atoms with Crippen LogP contribution in [-0.2, 0) is 16.0 Å². The second-order valence-corrected chi connectivity index (χ2v) is 11.1. The fraction of sp³-hybridized carbons (Fsp3) is 0.533. The van der Waals surface area contributed by atoms with Gasteiger partial charge in [0.2, 0.25) is 11.8 Å². The fourth-order valence-corrected chi connectivity index (χ4v) is 5.81. The Morgan fingerprint density at radius 2 is 1.71 bits per heavy atom. The minimum atomic E-state index is -0.490. The van der Waals surface area contributed by atoms with Crippen molar-refractivity contribution in [1.29, 1.82) is 0 Å². The third kappa shape index (κ3) is 7.55.